The largest absolute Gasteiger partial charge is 0.505 e. The van der Waals surface area contributed by atoms with Crippen molar-refractivity contribution in [3.63, 3.8) is 0 Å². The predicted octanol–water partition coefficient (Wildman–Crippen LogP) is 6.23. The Balaban J connectivity index is 1.65. The summed E-state index contributed by atoms with van der Waals surface area (Å²) in [4.78, 5) is 0. The summed E-state index contributed by atoms with van der Waals surface area (Å²) in [5.41, 5.74) is 2.98. The van der Waals surface area contributed by atoms with Gasteiger partial charge in [0.05, 0.1) is 0 Å². The van der Waals surface area contributed by atoms with E-state index in [0.29, 0.717) is 12.2 Å². The molecule has 0 spiro atoms. The lowest BCUT2D eigenvalue weighted by molar-refractivity contribution is 0.432. The Kier molecular flexibility index (Phi) is 5.36. The van der Waals surface area contributed by atoms with E-state index in [-0.39, 0.29) is 11.2 Å². The molecule has 0 fully saturated rings. The van der Waals surface area contributed by atoms with E-state index in [4.69, 9.17) is 4.74 Å². The zero-order chi connectivity index (χ0) is 19.4. The summed E-state index contributed by atoms with van der Waals surface area (Å²) in [6, 6.07) is 20.1. The first kappa shape index (κ1) is 18.8. The number of phenols is 1. The summed E-state index contributed by atoms with van der Waals surface area (Å²) in [5.74, 6) is 0.535. The highest BCUT2D eigenvalue weighted by atomic mass is 19.1. The molecule has 3 nitrogen and oxygen atoms in total. The van der Waals surface area contributed by atoms with Gasteiger partial charge in [0, 0.05) is 18.3 Å². The van der Waals surface area contributed by atoms with Crippen molar-refractivity contribution in [3.05, 3.63) is 83.7 Å². The molecule has 0 aliphatic heterocycles. The molecule has 3 aromatic rings. The molecule has 3 rings (SSSR count). The SMILES string of the molecule is CC(C)(C)c1ccc(Oc2cccc(CNc3ccc(O)c(F)c3)c2)cc1. The van der Waals surface area contributed by atoms with Gasteiger partial charge in [-0.3, -0.25) is 0 Å². The highest BCUT2D eigenvalue weighted by Crippen LogP contribution is 2.27. The average Bonchev–Trinajstić information content (AvgIpc) is 2.63. The Morgan fingerprint density at radius 1 is 0.926 bits per heavy atom. The maximum atomic E-state index is 13.4. The smallest absolute Gasteiger partial charge is 0.166 e. The highest BCUT2D eigenvalue weighted by Gasteiger charge is 2.13. The third-order valence-corrected chi connectivity index (χ3v) is 4.30. The topological polar surface area (TPSA) is 41.5 Å². The average molecular weight is 365 g/mol. The van der Waals surface area contributed by atoms with E-state index in [0.717, 1.165) is 17.1 Å². The van der Waals surface area contributed by atoms with E-state index in [1.807, 2.05) is 36.4 Å². The van der Waals surface area contributed by atoms with Crippen LogP contribution in [0.5, 0.6) is 17.2 Å². The van der Waals surface area contributed by atoms with E-state index in [2.05, 4.69) is 38.2 Å². The molecule has 0 amide bonds. The second-order valence-corrected chi connectivity index (χ2v) is 7.54. The summed E-state index contributed by atoms with van der Waals surface area (Å²) < 4.78 is 19.4. The van der Waals surface area contributed by atoms with Crippen LogP contribution in [-0.2, 0) is 12.0 Å². The maximum absolute atomic E-state index is 13.4. The van der Waals surface area contributed by atoms with Crippen LogP contribution in [0.4, 0.5) is 10.1 Å². The second-order valence-electron chi connectivity index (χ2n) is 7.54. The van der Waals surface area contributed by atoms with Gasteiger partial charge in [-0.05, 0) is 52.9 Å². The van der Waals surface area contributed by atoms with Crippen LogP contribution in [0.25, 0.3) is 0 Å². The van der Waals surface area contributed by atoms with Crippen molar-refractivity contribution < 1.29 is 14.2 Å². The highest BCUT2D eigenvalue weighted by molar-refractivity contribution is 5.47. The number of phenolic OH excluding ortho intramolecular Hbond substituents is 1. The zero-order valence-electron chi connectivity index (χ0n) is 15.8. The summed E-state index contributed by atoms with van der Waals surface area (Å²) in [7, 11) is 0. The fourth-order valence-corrected chi connectivity index (χ4v) is 2.70. The van der Waals surface area contributed by atoms with Crippen molar-refractivity contribution in [3.8, 4) is 17.2 Å². The molecular weight excluding hydrogens is 341 g/mol. The van der Waals surface area contributed by atoms with Crippen LogP contribution in [0.1, 0.15) is 31.9 Å². The van der Waals surface area contributed by atoms with E-state index < -0.39 is 5.82 Å². The van der Waals surface area contributed by atoms with Gasteiger partial charge in [-0.1, -0.05) is 45.0 Å². The molecule has 0 radical (unpaired) electrons. The van der Waals surface area contributed by atoms with Gasteiger partial charge in [-0.15, -0.1) is 0 Å². The standard InChI is InChI=1S/C23H24FNO2/c1-23(2,3)17-7-10-19(11-8-17)27-20-6-4-5-16(13-20)15-25-18-9-12-22(26)21(24)14-18/h4-14,25-26H,15H2,1-3H3. The number of hydrogen-bond donors (Lipinski definition) is 2. The molecule has 0 atom stereocenters. The van der Waals surface area contributed by atoms with E-state index in [9.17, 15) is 9.50 Å². The Bertz CT molecular complexity index is 914. The number of benzene rings is 3. The van der Waals surface area contributed by atoms with Crippen LogP contribution in [0, 0.1) is 5.82 Å². The van der Waals surface area contributed by atoms with Crippen molar-refractivity contribution in [1.82, 2.24) is 0 Å². The van der Waals surface area contributed by atoms with Crippen molar-refractivity contribution in [2.75, 3.05) is 5.32 Å². The fraction of sp³-hybridized carbons (Fsp3) is 0.217. The van der Waals surface area contributed by atoms with Crippen molar-refractivity contribution in [2.45, 2.75) is 32.7 Å². The summed E-state index contributed by atoms with van der Waals surface area (Å²) in [6.07, 6.45) is 0. The van der Waals surface area contributed by atoms with Crippen LogP contribution in [-0.4, -0.2) is 5.11 Å². The zero-order valence-corrected chi connectivity index (χ0v) is 15.8. The summed E-state index contributed by atoms with van der Waals surface area (Å²) >= 11 is 0. The van der Waals surface area contributed by atoms with Crippen LogP contribution < -0.4 is 10.1 Å². The molecule has 3 aromatic carbocycles. The molecule has 0 unspecified atom stereocenters. The first-order chi connectivity index (χ1) is 12.8. The van der Waals surface area contributed by atoms with Gasteiger partial charge < -0.3 is 15.2 Å². The predicted molar refractivity (Wildman–Crippen MR) is 107 cm³/mol. The van der Waals surface area contributed by atoms with Gasteiger partial charge in [-0.2, -0.15) is 0 Å². The third-order valence-electron chi connectivity index (χ3n) is 4.30. The van der Waals surface area contributed by atoms with Crippen molar-refractivity contribution >= 4 is 5.69 Å². The molecule has 0 aliphatic carbocycles. The number of nitrogens with one attached hydrogen (secondary N) is 1. The summed E-state index contributed by atoms with van der Waals surface area (Å²) in [6.45, 7) is 7.06. The molecule has 2 N–H and O–H groups in total. The van der Waals surface area contributed by atoms with Crippen LogP contribution in [0.2, 0.25) is 0 Å². The molecule has 0 heterocycles. The van der Waals surface area contributed by atoms with Gasteiger partial charge in [0.2, 0.25) is 0 Å². The lowest BCUT2D eigenvalue weighted by Gasteiger charge is -2.19. The van der Waals surface area contributed by atoms with Crippen LogP contribution in [0.15, 0.2) is 66.7 Å². The molecular formula is C23H24FNO2. The second kappa shape index (κ2) is 7.70. The van der Waals surface area contributed by atoms with Gasteiger partial charge >= 0.3 is 0 Å². The molecule has 27 heavy (non-hydrogen) atoms. The van der Waals surface area contributed by atoms with Crippen LogP contribution >= 0.6 is 0 Å². The van der Waals surface area contributed by atoms with Gasteiger partial charge in [-0.25, -0.2) is 4.39 Å². The molecule has 0 saturated carbocycles. The van der Waals surface area contributed by atoms with E-state index in [1.165, 1.54) is 17.7 Å². The number of rotatable bonds is 5. The van der Waals surface area contributed by atoms with Crippen molar-refractivity contribution in [1.29, 1.82) is 0 Å². The first-order valence-electron chi connectivity index (χ1n) is 8.91. The minimum atomic E-state index is -0.643. The number of aromatic hydroxyl groups is 1. The fourth-order valence-electron chi connectivity index (χ4n) is 2.70. The third kappa shape index (κ3) is 5.00. The Morgan fingerprint density at radius 3 is 2.33 bits per heavy atom. The Morgan fingerprint density at radius 2 is 1.67 bits per heavy atom. The Hall–Kier alpha value is -3.01. The minimum Gasteiger partial charge on any atom is -0.505 e. The quantitative estimate of drug-likeness (QED) is 0.526. The van der Waals surface area contributed by atoms with Gasteiger partial charge in [0.15, 0.2) is 11.6 Å². The molecule has 0 aliphatic rings. The van der Waals surface area contributed by atoms with Gasteiger partial charge in [0.25, 0.3) is 0 Å². The molecule has 0 aromatic heterocycles. The lowest BCUT2D eigenvalue weighted by Crippen LogP contribution is -2.10. The first-order valence-corrected chi connectivity index (χ1v) is 8.91. The minimum absolute atomic E-state index is 0.109. The van der Waals surface area contributed by atoms with Gasteiger partial charge in [0.1, 0.15) is 11.5 Å². The normalized spacial score (nSPS) is 11.3. The number of anilines is 1. The number of halogens is 1. The van der Waals surface area contributed by atoms with E-state index >= 15 is 0 Å². The summed E-state index contributed by atoms with van der Waals surface area (Å²) in [5, 5.41) is 12.4. The number of hydrogen-bond acceptors (Lipinski definition) is 3. The van der Waals surface area contributed by atoms with E-state index in [1.54, 1.807) is 6.07 Å². The maximum Gasteiger partial charge on any atom is 0.166 e. The Labute approximate surface area is 159 Å². The molecule has 4 heteroatoms. The van der Waals surface area contributed by atoms with Crippen molar-refractivity contribution in [2.24, 2.45) is 0 Å². The molecule has 0 bridgehead atoms. The van der Waals surface area contributed by atoms with Crippen LogP contribution in [0.3, 0.4) is 0 Å². The lowest BCUT2D eigenvalue weighted by atomic mass is 9.87. The molecule has 0 saturated heterocycles. The monoisotopic (exact) mass is 365 g/mol. The molecule has 140 valence electrons. The number of ether oxygens (including phenoxy) is 1.